The molecule has 0 saturated carbocycles. The van der Waals surface area contributed by atoms with E-state index in [1.165, 1.54) is 30.8 Å². The standard InChI is InChI=1S/C11H19N3S/c1-2-11(3-4-12-7-11)8-13-5-10-6-14-9-15-10/h6,9,12-13H,2-5,7-8H2,1H3. The van der Waals surface area contributed by atoms with Gasteiger partial charge in [-0.25, -0.2) is 0 Å². The van der Waals surface area contributed by atoms with Gasteiger partial charge < -0.3 is 10.6 Å². The van der Waals surface area contributed by atoms with Crippen molar-refractivity contribution in [2.75, 3.05) is 19.6 Å². The highest BCUT2D eigenvalue weighted by Crippen LogP contribution is 2.28. The lowest BCUT2D eigenvalue weighted by molar-refractivity contribution is 0.291. The van der Waals surface area contributed by atoms with Crippen LogP contribution in [0.25, 0.3) is 0 Å². The van der Waals surface area contributed by atoms with Crippen molar-refractivity contribution in [2.45, 2.75) is 26.3 Å². The summed E-state index contributed by atoms with van der Waals surface area (Å²) < 4.78 is 0. The second-order valence-electron chi connectivity index (χ2n) is 4.35. The van der Waals surface area contributed by atoms with Gasteiger partial charge in [-0.3, -0.25) is 4.98 Å². The Bertz CT molecular complexity index is 278. The third-order valence-corrected chi connectivity index (χ3v) is 4.14. The summed E-state index contributed by atoms with van der Waals surface area (Å²) in [5.74, 6) is 0. The van der Waals surface area contributed by atoms with Crippen molar-refractivity contribution in [3.05, 3.63) is 16.6 Å². The van der Waals surface area contributed by atoms with Crippen LogP contribution in [0.3, 0.4) is 0 Å². The van der Waals surface area contributed by atoms with E-state index in [9.17, 15) is 0 Å². The lowest BCUT2D eigenvalue weighted by Gasteiger charge is -2.26. The van der Waals surface area contributed by atoms with Gasteiger partial charge in [-0.15, -0.1) is 11.3 Å². The van der Waals surface area contributed by atoms with Crippen molar-refractivity contribution >= 4 is 11.3 Å². The molecule has 1 saturated heterocycles. The Kier molecular flexibility index (Phi) is 3.72. The molecule has 1 unspecified atom stereocenters. The molecule has 1 aliphatic rings. The van der Waals surface area contributed by atoms with Crippen LogP contribution in [0.1, 0.15) is 24.6 Å². The SMILES string of the molecule is CCC1(CNCc2cncs2)CCNC1. The highest BCUT2D eigenvalue weighted by atomic mass is 32.1. The Balaban J connectivity index is 1.77. The van der Waals surface area contributed by atoms with Crippen molar-refractivity contribution in [3.63, 3.8) is 0 Å². The topological polar surface area (TPSA) is 37.0 Å². The van der Waals surface area contributed by atoms with E-state index in [0.717, 1.165) is 13.1 Å². The smallest absolute Gasteiger partial charge is 0.0794 e. The van der Waals surface area contributed by atoms with Crippen LogP contribution in [0.4, 0.5) is 0 Å². The van der Waals surface area contributed by atoms with E-state index in [1.54, 1.807) is 11.3 Å². The van der Waals surface area contributed by atoms with Gasteiger partial charge >= 0.3 is 0 Å². The van der Waals surface area contributed by atoms with Gasteiger partial charge in [0, 0.05) is 30.7 Å². The minimum absolute atomic E-state index is 0.491. The van der Waals surface area contributed by atoms with Crippen LogP contribution in [0.5, 0.6) is 0 Å². The summed E-state index contributed by atoms with van der Waals surface area (Å²) in [6, 6.07) is 0. The van der Waals surface area contributed by atoms with Crippen LogP contribution in [0.2, 0.25) is 0 Å². The molecule has 0 aromatic carbocycles. The fourth-order valence-electron chi connectivity index (χ4n) is 2.15. The molecule has 0 amide bonds. The van der Waals surface area contributed by atoms with E-state index < -0.39 is 0 Å². The molecule has 0 aliphatic carbocycles. The van der Waals surface area contributed by atoms with Crippen LogP contribution in [-0.4, -0.2) is 24.6 Å². The summed E-state index contributed by atoms with van der Waals surface area (Å²) in [7, 11) is 0. The Morgan fingerprint density at radius 1 is 1.67 bits per heavy atom. The molecule has 2 N–H and O–H groups in total. The van der Waals surface area contributed by atoms with Crippen molar-refractivity contribution in [1.29, 1.82) is 0 Å². The number of hydrogen-bond donors (Lipinski definition) is 2. The fourth-order valence-corrected chi connectivity index (χ4v) is 2.72. The average molecular weight is 225 g/mol. The zero-order chi connectivity index (χ0) is 10.6. The first kappa shape index (κ1) is 11.0. The number of rotatable bonds is 5. The quantitative estimate of drug-likeness (QED) is 0.799. The first-order chi connectivity index (χ1) is 7.35. The predicted octanol–water partition coefficient (Wildman–Crippen LogP) is 1.62. The van der Waals surface area contributed by atoms with Crippen LogP contribution in [0.15, 0.2) is 11.7 Å². The van der Waals surface area contributed by atoms with Gasteiger partial charge in [-0.2, -0.15) is 0 Å². The van der Waals surface area contributed by atoms with Crippen LogP contribution >= 0.6 is 11.3 Å². The number of hydrogen-bond acceptors (Lipinski definition) is 4. The molecule has 0 bridgehead atoms. The summed E-state index contributed by atoms with van der Waals surface area (Å²) in [6.07, 6.45) is 4.51. The molecule has 4 heteroatoms. The molecule has 2 heterocycles. The number of nitrogens with one attached hydrogen (secondary N) is 2. The first-order valence-electron chi connectivity index (χ1n) is 5.63. The minimum atomic E-state index is 0.491. The second kappa shape index (κ2) is 5.05. The molecule has 1 fully saturated rings. The van der Waals surface area contributed by atoms with E-state index in [1.807, 2.05) is 11.7 Å². The van der Waals surface area contributed by atoms with Gasteiger partial charge in [0.1, 0.15) is 0 Å². The summed E-state index contributed by atoms with van der Waals surface area (Å²) in [5.41, 5.74) is 2.38. The Labute approximate surface area is 95.3 Å². The van der Waals surface area contributed by atoms with E-state index in [0.29, 0.717) is 5.41 Å². The third kappa shape index (κ3) is 2.77. The average Bonchev–Trinajstić information content (AvgIpc) is 2.89. The Morgan fingerprint density at radius 3 is 3.20 bits per heavy atom. The van der Waals surface area contributed by atoms with Gasteiger partial charge in [0.15, 0.2) is 0 Å². The highest BCUT2D eigenvalue weighted by molar-refractivity contribution is 7.09. The maximum Gasteiger partial charge on any atom is 0.0794 e. The van der Waals surface area contributed by atoms with Crippen molar-refractivity contribution in [2.24, 2.45) is 5.41 Å². The zero-order valence-corrected chi connectivity index (χ0v) is 10.1. The van der Waals surface area contributed by atoms with Gasteiger partial charge in [0.25, 0.3) is 0 Å². The number of nitrogens with zero attached hydrogens (tertiary/aromatic N) is 1. The molecular formula is C11H19N3S. The molecule has 1 aliphatic heterocycles. The van der Waals surface area contributed by atoms with Gasteiger partial charge in [-0.1, -0.05) is 6.92 Å². The largest absolute Gasteiger partial charge is 0.316 e. The normalized spacial score (nSPS) is 25.9. The van der Waals surface area contributed by atoms with E-state index in [-0.39, 0.29) is 0 Å². The van der Waals surface area contributed by atoms with Gasteiger partial charge in [0.2, 0.25) is 0 Å². The van der Waals surface area contributed by atoms with Gasteiger partial charge in [0.05, 0.1) is 5.51 Å². The second-order valence-corrected chi connectivity index (χ2v) is 5.32. The predicted molar refractivity (Wildman–Crippen MR) is 64.0 cm³/mol. The van der Waals surface area contributed by atoms with Crippen molar-refractivity contribution in [3.8, 4) is 0 Å². The molecule has 1 atom stereocenters. The lowest BCUT2D eigenvalue weighted by Crippen LogP contribution is -2.35. The molecule has 1 aromatic rings. The minimum Gasteiger partial charge on any atom is -0.316 e. The monoisotopic (exact) mass is 225 g/mol. The fraction of sp³-hybridized carbons (Fsp3) is 0.727. The molecule has 1 aromatic heterocycles. The Hall–Kier alpha value is -0.450. The molecule has 3 nitrogen and oxygen atoms in total. The maximum absolute atomic E-state index is 4.08. The maximum atomic E-state index is 4.08. The zero-order valence-electron chi connectivity index (χ0n) is 9.25. The molecule has 0 spiro atoms. The summed E-state index contributed by atoms with van der Waals surface area (Å²) in [6.45, 7) is 6.72. The van der Waals surface area contributed by atoms with Crippen molar-refractivity contribution < 1.29 is 0 Å². The summed E-state index contributed by atoms with van der Waals surface area (Å²) in [4.78, 5) is 5.40. The molecule has 84 valence electrons. The van der Waals surface area contributed by atoms with Crippen LogP contribution < -0.4 is 10.6 Å². The van der Waals surface area contributed by atoms with Crippen molar-refractivity contribution in [1.82, 2.24) is 15.6 Å². The first-order valence-corrected chi connectivity index (χ1v) is 6.51. The molecule has 0 radical (unpaired) electrons. The van der Waals surface area contributed by atoms with E-state index in [4.69, 9.17) is 0 Å². The van der Waals surface area contributed by atoms with E-state index in [2.05, 4.69) is 22.5 Å². The van der Waals surface area contributed by atoms with E-state index >= 15 is 0 Å². The third-order valence-electron chi connectivity index (χ3n) is 3.36. The van der Waals surface area contributed by atoms with Crippen LogP contribution in [-0.2, 0) is 6.54 Å². The number of aromatic nitrogens is 1. The molecule has 15 heavy (non-hydrogen) atoms. The summed E-state index contributed by atoms with van der Waals surface area (Å²) >= 11 is 1.72. The van der Waals surface area contributed by atoms with Gasteiger partial charge in [-0.05, 0) is 24.8 Å². The highest BCUT2D eigenvalue weighted by Gasteiger charge is 2.31. The Morgan fingerprint density at radius 2 is 2.60 bits per heavy atom. The molecule has 2 rings (SSSR count). The lowest BCUT2D eigenvalue weighted by atomic mass is 9.84. The summed E-state index contributed by atoms with van der Waals surface area (Å²) in [5, 5.41) is 7.01. The molecular weight excluding hydrogens is 206 g/mol. The van der Waals surface area contributed by atoms with Crippen LogP contribution in [0, 0.1) is 5.41 Å². The number of thiazole rings is 1.